The average Bonchev–Trinajstić information content (AvgIpc) is 2.93. The maximum Gasteiger partial charge on any atom is 0.254 e. The first-order valence-corrected chi connectivity index (χ1v) is 5.96. The van der Waals surface area contributed by atoms with E-state index >= 15 is 0 Å². The van der Waals surface area contributed by atoms with Gasteiger partial charge in [-0.25, -0.2) is 0 Å². The van der Waals surface area contributed by atoms with Gasteiger partial charge in [0.15, 0.2) is 0 Å². The molecular formula is C13H17N3O2. The van der Waals surface area contributed by atoms with Crippen LogP contribution in [0.3, 0.4) is 0 Å². The van der Waals surface area contributed by atoms with E-state index in [-0.39, 0.29) is 5.91 Å². The molecular weight excluding hydrogens is 230 g/mol. The Hall–Kier alpha value is -2.04. The van der Waals surface area contributed by atoms with Gasteiger partial charge in [0.2, 0.25) is 0 Å². The molecule has 0 aromatic carbocycles. The highest BCUT2D eigenvalue weighted by molar-refractivity contribution is 5.94. The Morgan fingerprint density at radius 2 is 2.39 bits per heavy atom. The summed E-state index contributed by atoms with van der Waals surface area (Å²) in [6, 6.07) is 1.69. The molecule has 1 amide bonds. The highest BCUT2D eigenvalue weighted by Gasteiger charge is 2.10. The molecule has 0 atom stereocenters. The fourth-order valence-electron chi connectivity index (χ4n) is 1.81. The third kappa shape index (κ3) is 3.00. The van der Waals surface area contributed by atoms with Crippen LogP contribution in [0.1, 0.15) is 28.1 Å². The highest BCUT2D eigenvalue weighted by Crippen LogP contribution is 2.08. The van der Waals surface area contributed by atoms with E-state index in [4.69, 9.17) is 4.42 Å². The molecule has 0 aliphatic rings. The molecule has 2 aromatic heterocycles. The molecule has 0 aliphatic heterocycles. The normalized spacial score (nSPS) is 10.6. The maximum atomic E-state index is 11.8. The molecule has 1 N–H and O–H groups in total. The SMILES string of the molecule is Cc1occc1C(=O)NCCCc1cnn(C)c1. The molecule has 0 bridgehead atoms. The lowest BCUT2D eigenvalue weighted by atomic mass is 10.2. The minimum Gasteiger partial charge on any atom is -0.469 e. The van der Waals surface area contributed by atoms with Crippen LogP contribution >= 0.6 is 0 Å². The van der Waals surface area contributed by atoms with Gasteiger partial charge in [-0.15, -0.1) is 0 Å². The fraction of sp³-hybridized carbons (Fsp3) is 0.385. The van der Waals surface area contributed by atoms with Crippen molar-refractivity contribution in [1.29, 1.82) is 0 Å². The predicted octanol–water partition coefficient (Wildman–Crippen LogP) is 1.68. The molecule has 0 radical (unpaired) electrons. The minimum absolute atomic E-state index is 0.0764. The first-order valence-electron chi connectivity index (χ1n) is 5.96. The van der Waals surface area contributed by atoms with Crippen molar-refractivity contribution in [3.8, 4) is 0 Å². The third-order valence-corrected chi connectivity index (χ3v) is 2.79. The second-order valence-electron chi connectivity index (χ2n) is 4.27. The number of hydrogen-bond acceptors (Lipinski definition) is 3. The van der Waals surface area contributed by atoms with Crippen molar-refractivity contribution < 1.29 is 9.21 Å². The number of aromatic nitrogens is 2. The van der Waals surface area contributed by atoms with E-state index in [9.17, 15) is 4.79 Å². The molecule has 2 aromatic rings. The Kier molecular flexibility index (Phi) is 3.82. The second kappa shape index (κ2) is 5.53. The van der Waals surface area contributed by atoms with Crippen molar-refractivity contribution in [2.24, 2.45) is 7.05 Å². The Morgan fingerprint density at radius 3 is 3.00 bits per heavy atom. The summed E-state index contributed by atoms with van der Waals surface area (Å²) in [4.78, 5) is 11.8. The monoisotopic (exact) mass is 247 g/mol. The van der Waals surface area contributed by atoms with Crippen LogP contribution in [0.4, 0.5) is 0 Å². The van der Waals surface area contributed by atoms with Crippen LogP contribution in [0.2, 0.25) is 0 Å². The van der Waals surface area contributed by atoms with E-state index in [0.717, 1.165) is 12.8 Å². The van der Waals surface area contributed by atoms with E-state index in [1.165, 1.54) is 11.8 Å². The van der Waals surface area contributed by atoms with Crippen LogP contribution in [0.25, 0.3) is 0 Å². The van der Waals surface area contributed by atoms with Crippen molar-refractivity contribution in [3.05, 3.63) is 41.6 Å². The van der Waals surface area contributed by atoms with Gasteiger partial charge in [0.05, 0.1) is 18.0 Å². The van der Waals surface area contributed by atoms with E-state index < -0.39 is 0 Å². The average molecular weight is 247 g/mol. The highest BCUT2D eigenvalue weighted by atomic mass is 16.3. The number of rotatable bonds is 5. The van der Waals surface area contributed by atoms with Crippen molar-refractivity contribution in [3.63, 3.8) is 0 Å². The van der Waals surface area contributed by atoms with E-state index in [0.29, 0.717) is 17.9 Å². The molecule has 96 valence electrons. The van der Waals surface area contributed by atoms with Gasteiger partial charge in [-0.2, -0.15) is 5.10 Å². The Labute approximate surface area is 106 Å². The molecule has 2 heterocycles. The summed E-state index contributed by atoms with van der Waals surface area (Å²) in [5.74, 6) is 0.576. The third-order valence-electron chi connectivity index (χ3n) is 2.79. The quantitative estimate of drug-likeness (QED) is 0.818. The first-order chi connectivity index (χ1) is 8.66. The molecule has 5 nitrogen and oxygen atoms in total. The van der Waals surface area contributed by atoms with E-state index in [1.807, 2.05) is 19.4 Å². The summed E-state index contributed by atoms with van der Waals surface area (Å²) in [6.07, 6.45) is 7.18. The summed E-state index contributed by atoms with van der Waals surface area (Å²) in [5, 5.41) is 6.98. The summed E-state index contributed by atoms with van der Waals surface area (Å²) >= 11 is 0. The Bertz CT molecular complexity index is 528. The first kappa shape index (κ1) is 12.4. The lowest BCUT2D eigenvalue weighted by Crippen LogP contribution is -2.24. The van der Waals surface area contributed by atoms with Gasteiger partial charge in [-0.3, -0.25) is 9.48 Å². The van der Waals surface area contributed by atoms with Crippen molar-refractivity contribution in [2.45, 2.75) is 19.8 Å². The zero-order valence-corrected chi connectivity index (χ0v) is 10.6. The summed E-state index contributed by atoms with van der Waals surface area (Å²) in [5.41, 5.74) is 1.79. The summed E-state index contributed by atoms with van der Waals surface area (Å²) in [7, 11) is 1.90. The molecule has 5 heteroatoms. The summed E-state index contributed by atoms with van der Waals surface area (Å²) < 4.78 is 6.87. The number of hydrogen-bond donors (Lipinski definition) is 1. The molecule has 0 saturated carbocycles. The number of furan rings is 1. The number of nitrogens with zero attached hydrogens (tertiary/aromatic N) is 2. The Balaban J connectivity index is 1.73. The fourth-order valence-corrected chi connectivity index (χ4v) is 1.81. The molecule has 0 fully saturated rings. The van der Waals surface area contributed by atoms with Gasteiger partial charge in [0.25, 0.3) is 5.91 Å². The lowest BCUT2D eigenvalue weighted by Gasteiger charge is -2.03. The number of nitrogens with one attached hydrogen (secondary N) is 1. The van der Waals surface area contributed by atoms with Crippen LogP contribution in [0.15, 0.2) is 29.1 Å². The van der Waals surface area contributed by atoms with Gasteiger partial charge in [-0.1, -0.05) is 0 Å². The molecule has 2 rings (SSSR count). The predicted molar refractivity (Wildman–Crippen MR) is 67.3 cm³/mol. The molecule has 0 unspecified atom stereocenters. The van der Waals surface area contributed by atoms with Gasteiger partial charge in [0.1, 0.15) is 5.76 Å². The van der Waals surface area contributed by atoms with Crippen LogP contribution in [-0.2, 0) is 13.5 Å². The van der Waals surface area contributed by atoms with Crippen LogP contribution in [-0.4, -0.2) is 22.2 Å². The lowest BCUT2D eigenvalue weighted by molar-refractivity contribution is 0.0951. The van der Waals surface area contributed by atoms with Gasteiger partial charge >= 0.3 is 0 Å². The van der Waals surface area contributed by atoms with Crippen LogP contribution < -0.4 is 5.32 Å². The van der Waals surface area contributed by atoms with E-state index in [2.05, 4.69) is 10.4 Å². The van der Waals surface area contributed by atoms with Crippen molar-refractivity contribution in [1.82, 2.24) is 15.1 Å². The standard InChI is InChI=1S/C13H17N3O2/c1-10-12(5-7-18-10)13(17)14-6-3-4-11-8-15-16(2)9-11/h5,7-9H,3-4,6H2,1-2H3,(H,14,17). The van der Waals surface area contributed by atoms with Gasteiger partial charge < -0.3 is 9.73 Å². The van der Waals surface area contributed by atoms with E-state index in [1.54, 1.807) is 17.7 Å². The van der Waals surface area contributed by atoms with Crippen molar-refractivity contribution in [2.75, 3.05) is 6.54 Å². The molecule has 0 saturated heterocycles. The van der Waals surface area contributed by atoms with Crippen LogP contribution in [0.5, 0.6) is 0 Å². The second-order valence-corrected chi connectivity index (χ2v) is 4.27. The molecule has 0 spiro atoms. The van der Waals surface area contributed by atoms with Crippen molar-refractivity contribution >= 4 is 5.91 Å². The molecule has 18 heavy (non-hydrogen) atoms. The number of aryl methyl sites for hydroxylation is 3. The van der Waals surface area contributed by atoms with Gasteiger partial charge in [-0.05, 0) is 31.4 Å². The largest absolute Gasteiger partial charge is 0.469 e. The maximum absolute atomic E-state index is 11.8. The number of amides is 1. The molecule has 0 aliphatic carbocycles. The smallest absolute Gasteiger partial charge is 0.254 e. The number of carbonyl (C=O) groups is 1. The zero-order valence-electron chi connectivity index (χ0n) is 10.6. The summed E-state index contributed by atoms with van der Waals surface area (Å²) in [6.45, 7) is 2.43. The van der Waals surface area contributed by atoms with Gasteiger partial charge in [0, 0.05) is 19.8 Å². The zero-order chi connectivity index (χ0) is 13.0. The van der Waals surface area contributed by atoms with Crippen LogP contribution in [0, 0.1) is 6.92 Å². The Morgan fingerprint density at radius 1 is 1.56 bits per heavy atom. The topological polar surface area (TPSA) is 60.1 Å². The minimum atomic E-state index is -0.0764. The number of carbonyl (C=O) groups excluding carboxylic acids is 1.